The minimum absolute atomic E-state index is 0.282. The minimum atomic E-state index is -0.294. The van der Waals surface area contributed by atoms with Crippen molar-refractivity contribution < 1.29 is 9.90 Å². The van der Waals surface area contributed by atoms with Crippen LogP contribution in [0, 0.1) is 5.92 Å². The van der Waals surface area contributed by atoms with Gasteiger partial charge in [-0.15, -0.1) is 0 Å². The second kappa shape index (κ2) is 5.85. The third kappa shape index (κ3) is 3.21. The molecule has 0 radical (unpaired) electrons. The Morgan fingerprint density at radius 1 is 1.24 bits per heavy atom. The summed E-state index contributed by atoms with van der Waals surface area (Å²) in [4.78, 5) is 14.5. The van der Waals surface area contributed by atoms with Crippen LogP contribution in [0.3, 0.4) is 0 Å². The maximum absolute atomic E-state index is 12.4. The van der Waals surface area contributed by atoms with Crippen LogP contribution in [0.4, 0.5) is 0 Å². The first-order chi connectivity index (χ1) is 8.18. The maximum atomic E-state index is 12.4. The van der Waals surface area contributed by atoms with Gasteiger partial charge < -0.3 is 10.0 Å². The van der Waals surface area contributed by atoms with Crippen molar-refractivity contribution in [3.63, 3.8) is 0 Å². The summed E-state index contributed by atoms with van der Waals surface area (Å²) in [6.45, 7) is 2.74. The Hall–Kier alpha value is -0.570. The Kier molecular flexibility index (Phi) is 4.43. The van der Waals surface area contributed by atoms with Gasteiger partial charge in [0, 0.05) is 18.5 Å². The summed E-state index contributed by atoms with van der Waals surface area (Å²) in [7, 11) is 0. The van der Waals surface area contributed by atoms with E-state index in [2.05, 4.69) is 4.90 Å². The standard InChI is InChI=1S/C14H25NO2/c1-11(16)10-13-8-4-5-9-15(13)14(17)12-6-2-3-7-12/h11-13,16H,2-10H2,1H3. The molecular weight excluding hydrogens is 214 g/mol. The van der Waals surface area contributed by atoms with Gasteiger partial charge in [-0.25, -0.2) is 0 Å². The van der Waals surface area contributed by atoms with E-state index in [1.807, 2.05) is 6.92 Å². The molecule has 0 bridgehead atoms. The lowest BCUT2D eigenvalue weighted by Gasteiger charge is -2.38. The molecule has 0 aromatic rings. The number of amides is 1. The van der Waals surface area contributed by atoms with Gasteiger partial charge in [0.1, 0.15) is 0 Å². The van der Waals surface area contributed by atoms with Crippen LogP contribution in [-0.4, -0.2) is 34.6 Å². The molecule has 17 heavy (non-hydrogen) atoms. The zero-order chi connectivity index (χ0) is 12.3. The van der Waals surface area contributed by atoms with E-state index < -0.39 is 0 Å². The number of hydrogen-bond acceptors (Lipinski definition) is 2. The van der Waals surface area contributed by atoms with Crippen molar-refractivity contribution >= 4 is 5.91 Å². The smallest absolute Gasteiger partial charge is 0.225 e. The third-order valence-corrected chi connectivity index (χ3v) is 4.23. The van der Waals surface area contributed by atoms with Gasteiger partial charge in [0.05, 0.1) is 6.10 Å². The highest BCUT2D eigenvalue weighted by Gasteiger charge is 2.33. The fourth-order valence-corrected chi connectivity index (χ4v) is 3.34. The highest BCUT2D eigenvalue weighted by atomic mass is 16.3. The van der Waals surface area contributed by atoms with Crippen LogP contribution in [-0.2, 0) is 4.79 Å². The number of rotatable bonds is 3. The number of hydrogen-bond donors (Lipinski definition) is 1. The summed E-state index contributed by atoms with van der Waals surface area (Å²) < 4.78 is 0. The average Bonchev–Trinajstić information content (AvgIpc) is 2.81. The second-order valence-electron chi connectivity index (χ2n) is 5.75. The van der Waals surface area contributed by atoms with E-state index in [-0.39, 0.29) is 18.1 Å². The van der Waals surface area contributed by atoms with Crippen molar-refractivity contribution in [2.75, 3.05) is 6.54 Å². The van der Waals surface area contributed by atoms with E-state index in [9.17, 15) is 9.90 Å². The molecule has 0 aromatic heterocycles. The van der Waals surface area contributed by atoms with Crippen LogP contribution in [0.2, 0.25) is 0 Å². The molecule has 1 heterocycles. The summed E-state index contributed by atoms with van der Waals surface area (Å²) in [5, 5.41) is 9.53. The Balaban J connectivity index is 1.97. The van der Waals surface area contributed by atoms with Crippen molar-refractivity contribution in [3.8, 4) is 0 Å². The lowest BCUT2D eigenvalue weighted by molar-refractivity contribution is -0.139. The predicted octanol–water partition coefficient (Wildman–Crippen LogP) is 2.33. The zero-order valence-electron chi connectivity index (χ0n) is 10.9. The molecular formula is C14H25NO2. The van der Waals surface area contributed by atoms with Crippen LogP contribution in [0.25, 0.3) is 0 Å². The van der Waals surface area contributed by atoms with Crippen LogP contribution in [0.5, 0.6) is 0 Å². The third-order valence-electron chi connectivity index (χ3n) is 4.23. The second-order valence-corrected chi connectivity index (χ2v) is 5.75. The quantitative estimate of drug-likeness (QED) is 0.821. The summed E-state index contributed by atoms with van der Waals surface area (Å²) >= 11 is 0. The van der Waals surface area contributed by atoms with Crippen LogP contribution >= 0.6 is 0 Å². The van der Waals surface area contributed by atoms with Gasteiger partial charge >= 0.3 is 0 Å². The summed E-state index contributed by atoms with van der Waals surface area (Å²) in [6.07, 6.45) is 8.45. The van der Waals surface area contributed by atoms with Crippen LogP contribution in [0.15, 0.2) is 0 Å². The van der Waals surface area contributed by atoms with E-state index in [1.165, 1.54) is 19.3 Å². The maximum Gasteiger partial charge on any atom is 0.225 e. The molecule has 0 aromatic carbocycles. The van der Waals surface area contributed by atoms with E-state index in [0.717, 1.165) is 38.6 Å². The number of aliphatic hydroxyl groups is 1. The van der Waals surface area contributed by atoms with Crippen molar-refractivity contribution in [2.24, 2.45) is 5.92 Å². The molecule has 0 spiro atoms. The zero-order valence-corrected chi connectivity index (χ0v) is 10.9. The van der Waals surface area contributed by atoms with Crippen molar-refractivity contribution in [1.82, 2.24) is 4.90 Å². The summed E-state index contributed by atoms with van der Waals surface area (Å²) in [5.74, 6) is 0.650. The predicted molar refractivity (Wildman–Crippen MR) is 67.6 cm³/mol. The molecule has 3 heteroatoms. The first-order valence-electron chi connectivity index (χ1n) is 7.17. The number of aliphatic hydroxyl groups excluding tert-OH is 1. The number of carbonyl (C=O) groups is 1. The Bertz CT molecular complexity index is 259. The van der Waals surface area contributed by atoms with Gasteiger partial charge in [0.2, 0.25) is 5.91 Å². The highest BCUT2D eigenvalue weighted by molar-refractivity contribution is 5.79. The Morgan fingerprint density at radius 3 is 2.53 bits per heavy atom. The molecule has 2 atom stereocenters. The van der Waals surface area contributed by atoms with Gasteiger partial charge in [0.25, 0.3) is 0 Å². The highest BCUT2D eigenvalue weighted by Crippen LogP contribution is 2.30. The number of nitrogens with zero attached hydrogens (tertiary/aromatic N) is 1. The van der Waals surface area contributed by atoms with E-state index in [0.29, 0.717) is 5.91 Å². The van der Waals surface area contributed by atoms with Crippen molar-refractivity contribution in [2.45, 2.75) is 70.4 Å². The van der Waals surface area contributed by atoms with Crippen LogP contribution < -0.4 is 0 Å². The molecule has 1 saturated heterocycles. The molecule has 1 aliphatic heterocycles. The fourth-order valence-electron chi connectivity index (χ4n) is 3.34. The van der Waals surface area contributed by atoms with E-state index >= 15 is 0 Å². The normalized spacial score (nSPS) is 28.4. The number of piperidine rings is 1. The molecule has 3 nitrogen and oxygen atoms in total. The van der Waals surface area contributed by atoms with Gasteiger partial charge in [-0.05, 0) is 45.4 Å². The van der Waals surface area contributed by atoms with Gasteiger partial charge in [0.15, 0.2) is 0 Å². The number of carbonyl (C=O) groups excluding carboxylic acids is 1. The minimum Gasteiger partial charge on any atom is -0.393 e. The first-order valence-corrected chi connectivity index (χ1v) is 7.17. The molecule has 2 rings (SSSR count). The molecule has 1 aliphatic carbocycles. The van der Waals surface area contributed by atoms with Crippen molar-refractivity contribution in [1.29, 1.82) is 0 Å². The molecule has 1 amide bonds. The lowest BCUT2D eigenvalue weighted by Crippen LogP contribution is -2.47. The van der Waals surface area contributed by atoms with Gasteiger partial charge in [-0.2, -0.15) is 0 Å². The molecule has 1 saturated carbocycles. The fraction of sp³-hybridized carbons (Fsp3) is 0.929. The average molecular weight is 239 g/mol. The Labute approximate surface area is 104 Å². The SMILES string of the molecule is CC(O)CC1CCCCN1C(=O)C1CCCC1. The topological polar surface area (TPSA) is 40.5 Å². The van der Waals surface area contributed by atoms with E-state index in [1.54, 1.807) is 0 Å². The first kappa shape index (κ1) is 12.9. The molecule has 1 N–H and O–H groups in total. The largest absolute Gasteiger partial charge is 0.393 e. The monoisotopic (exact) mass is 239 g/mol. The van der Waals surface area contributed by atoms with Crippen LogP contribution in [0.1, 0.15) is 58.3 Å². The van der Waals surface area contributed by atoms with Crippen molar-refractivity contribution in [3.05, 3.63) is 0 Å². The molecule has 2 fully saturated rings. The summed E-state index contributed by atoms with van der Waals surface area (Å²) in [5.41, 5.74) is 0. The van der Waals surface area contributed by atoms with Gasteiger partial charge in [-0.1, -0.05) is 12.8 Å². The molecule has 2 unspecified atom stereocenters. The van der Waals surface area contributed by atoms with Gasteiger partial charge in [-0.3, -0.25) is 4.79 Å². The lowest BCUT2D eigenvalue weighted by atomic mass is 9.95. The molecule has 98 valence electrons. The van der Waals surface area contributed by atoms with E-state index in [4.69, 9.17) is 0 Å². The molecule has 2 aliphatic rings. The Morgan fingerprint density at radius 2 is 1.88 bits per heavy atom. The number of likely N-dealkylation sites (tertiary alicyclic amines) is 1. The summed E-state index contributed by atoms with van der Waals surface area (Å²) in [6, 6.07) is 0.289.